The fourth-order valence-corrected chi connectivity index (χ4v) is 2.45. The van der Waals surface area contributed by atoms with Crippen molar-refractivity contribution in [2.75, 3.05) is 18.6 Å². The second kappa shape index (κ2) is 7.02. The Morgan fingerprint density at radius 1 is 1.50 bits per heavy atom. The van der Waals surface area contributed by atoms with Gasteiger partial charge in [-0.2, -0.15) is 11.8 Å². The van der Waals surface area contributed by atoms with Gasteiger partial charge in [0.15, 0.2) is 0 Å². The first-order chi connectivity index (χ1) is 8.44. The van der Waals surface area contributed by atoms with Gasteiger partial charge in [0.25, 0.3) is 0 Å². The van der Waals surface area contributed by atoms with Crippen LogP contribution in [0.2, 0.25) is 5.02 Å². The predicted octanol–water partition coefficient (Wildman–Crippen LogP) is 2.11. The molecule has 1 rings (SSSR count). The topological polar surface area (TPSA) is 49.3 Å². The molecule has 18 heavy (non-hydrogen) atoms. The summed E-state index contributed by atoms with van der Waals surface area (Å²) in [4.78, 5) is 11.7. The van der Waals surface area contributed by atoms with E-state index >= 15 is 0 Å². The first-order valence-electron chi connectivity index (χ1n) is 5.66. The number of hydrogen-bond donors (Lipinski definition) is 2. The Morgan fingerprint density at radius 2 is 2.17 bits per heavy atom. The SMILES string of the molecule is CSCC(C)(O)CNC(=O)Cc1ccccc1Cl. The second-order valence-electron chi connectivity index (χ2n) is 4.47. The van der Waals surface area contributed by atoms with Crippen molar-refractivity contribution < 1.29 is 9.90 Å². The van der Waals surface area contributed by atoms with Crippen LogP contribution >= 0.6 is 23.4 Å². The normalized spacial score (nSPS) is 14.0. The number of nitrogens with one attached hydrogen (secondary N) is 1. The van der Waals surface area contributed by atoms with E-state index in [1.807, 2.05) is 24.5 Å². The molecule has 0 spiro atoms. The number of benzene rings is 1. The first kappa shape index (κ1) is 15.3. The molecule has 3 nitrogen and oxygen atoms in total. The molecule has 0 aliphatic carbocycles. The third-order valence-corrected chi connectivity index (χ3v) is 3.71. The van der Waals surface area contributed by atoms with E-state index in [9.17, 15) is 9.90 Å². The lowest BCUT2D eigenvalue weighted by Crippen LogP contribution is -2.42. The molecule has 1 amide bonds. The standard InChI is InChI=1S/C13H18ClNO2S/c1-13(17,9-18-2)8-15-12(16)7-10-5-3-4-6-11(10)14/h3-6,17H,7-9H2,1-2H3,(H,15,16). The number of rotatable bonds is 6. The molecule has 0 bridgehead atoms. The molecule has 1 aromatic carbocycles. The third-order valence-electron chi connectivity index (χ3n) is 2.43. The van der Waals surface area contributed by atoms with E-state index in [2.05, 4.69) is 5.32 Å². The van der Waals surface area contributed by atoms with Gasteiger partial charge >= 0.3 is 0 Å². The minimum Gasteiger partial charge on any atom is -0.387 e. The van der Waals surface area contributed by atoms with Crippen LogP contribution in [-0.2, 0) is 11.2 Å². The maximum absolute atomic E-state index is 11.7. The van der Waals surface area contributed by atoms with E-state index in [0.717, 1.165) is 5.56 Å². The summed E-state index contributed by atoms with van der Waals surface area (Å²) in [6.07, 6.45) is 2.15. The average molecular weight is 288 g/mol. The number of hydrogen-bond acceptors (Lipinski definition) is 3. The molecule has 100 valence electrons. The summed E-state index contributed by atoms with van der Waals surface area (Å²) in [6, 6.07) is 7.25. The minimum absolute atomic E-state index is 0.135. The molecule has 0 heterocycles. The van der Waals surface area contributed by atoms with Crippen LogP contribution in [0.15, 0.2) is 24.3 Å². The first-order valence-corrected chi connectivity index (χ1v) is 7.43. The van der Waals surface area contributed by atoms with E-state index in [0.29, 0.717) is 10.8 Å². The fourth-order valence-electron chi connectivity index (χ4n) is 1.53. The van der Waals surface area contributed by atoms with E-state index in [1.54, 1.807) is 24.8 Å². The highest BCUT2D eigenvalue weighted by molar-refractivity contribution is 7.98. The van der Waals surface area contributed by atoms with Gasteiger partial charge in [0.1, 0.15) is 0 Å². The van der Waals surface area contributed by atoms with Crippen molar-refractivity contribution in [3.63, 3.8) is 0 Å². The van der Waals surface area contributed by atoms with Crippen molar-refractivity contribution in [2.45, 2.75) is 18.9 Å². The molecule has 0 aromatic heterocycles. The van der Waals surface area contributed by atoms with Crippen LogP contribution in [0.3, 0.4) is 0 Å². The Bertz CT molecular complexity index is 410. The molecule has 0 radical (unpaired) electrons. The van der Waals surface area contributed by atoms with Gasteiger partial charge in [-0.3, -0.25) is 4.79 Å². The van der Waals surface area contributed by atoms with Crippen LogP contribution in [0.5, 0.6) is 0 Å². The van der Waals surface area contributed by atoms with Crippen molar-refractivity contribution >= 4 is 29.3 Å². The van der Waals surface area contributed by atoms with Crippen molar-refractivity contribution in [2.24, 2.45) is 0 Å². The highest BCUT2D eigenvalue weighted by Gasteiger charge is 2.20. The molecule has 0 aliphatic rings. The Morgan fingerprint density at radius 3 is 2.78 bits per heavy atom. The summed E-state index contributed by atoms with van der Waals surface area (Å²) in [5.74, 6) is 0.448. The number of carbonyl (C=O) groups is 1. The van der Waals surface area contributed by atoms with Crippen LogP contribution in [0, 0.1) is 0 Å². The zero-order valence-corrected chi connectivity index (χ0v) is 12.1. The lowest BCUT2D eigenvalue weighted by Gasteiger charge is -2.22. The molecule has 2 N–H and O–H groups in total. The maximum atomic E-state index is 11.7. The lowest BCUT2D eigenvalue weighted by molar-refractivity contribution is -0.121. The molecule has 0 fully saturated rings. The van der Waals surface area contributed by atoms with E-state index < -0.39 is 5.60 Å². The maximum Gasteiger partial charge on any atom is 0.224 e. The van der Waals surface area contributed by atoms with Crippen molar-refractivity contribution in [1.82, 2.24) is 5.32 Å². The zero-order chi connectivity index (χ0) is 13.6. The second-order valence-corrected chi connectivity index (χ2v) is 5.75. The van der Waals surface area contributed by atoms with Crippen LogP contribution in [0.25, 0.3) is 0 Å². The van der Waals surface area contributed by atoms with Gasteiger partial charge < -0.3 is 10.4 Å². The van der Waals surface area contributed by atoms with E-state index in [4.69, 9.17) is 11.6 Å². The van der Waals surface area contributed by atoms with Gasteiger partial charge in [-0.1, -0.05) is 29.8 Å². The van der Waals surface area contributed by atoms with Crippen LogP contribution < -0.4 is 5.32 Å². The number of carbonyl (C=O) groups excluding carboxylic acids is 1. The van der Waals surface area contributed by atoms with E-state index in [1.165, 1.54) is 0 Å². The number of thioether (sulfide) groups is 1. The van der Waals surface area contributed by atoms with Crippen molar-refractivity contribution in [3.05, 3.63) is 34.9 Å². The molecule has 0 saturated heterocycles. The minimum atomic E-state index is -0.879. The van der Waals surface area contributed by atoms with Gasteiger partial charge in [0, 0.05) is 17.3 Å². The predicted molar refractivity (Wildman–Crippen MR) is 77.2 cm³/mol. The quantitative estimate of drug-likeness (QED) is 0.842. The Kier molecular flexibility index (Phi) is 5.99. The molecule has 5 heteroatoms. The highest BCUT2D eigenvalue weighted by atomic mass is 35.5. The summed E-state index contributed by atoms with van der Waals surface area (Å²) >= 11 is 7.52. The smallest absolute Gasteiger partial charge is 0.224 e. The Balaban J connectivity index is 2.46. The van der Waals surface area contributed by atoms with Gasteiger partial charge in [-0.15, -0.1) is 0 Å². The fraction of sp³-hybridized carbons (Fsp3) is 0.462. The summed E-state index contributed by atoms with van der Waals surface area (Å²) in [5.41, 5.74) is -0.0866. The van der Waals surface area contributed by atoms with Crippen LogP contribution in [0.4, 0.5) is 0 Å². The molecule has 0 saturated carbocycles. The van der Waals surface area contributed by atoms with Gasteiger partial charge in [-0.05, 0) is 24.8 Å². The average Bonchev–Trinajstić information content (AvgIpc) is 2.30. The van der Waals surface area contributed by atoms with E-state index in [-0.39, 0.29) is 18.9 Å². The third kappa shape index (κ3) is 5.29. The van der Waals surface area contributed by atoms with Gasteiger partial charge in [-0.25, -0.2) is 0 Å². The van der Waals surface area contributed by atoms with Crippen LogP contribution in [-0.4, -0.2) is 35.2 Å². The summed E-state index contributed by atoms with van der Waals surface area (Å²) in [6.45, 7) is 1.95. The molecule has 1 unspecified atom stereocenters. The molecule has 0 aliphatic heterocycles. The monoisotopic (exact) mass is 287 g/mol. The molecular formula is C13H18ClNO2S. The summed E-state index contributed by atoms with van der Waals surface area (Å²) < 4.78 is 0. The Labute approximate surface area is 117 Å². The van der Waals surface area contributed by atoms with Gasteiger partial charge in [0.05, 0.1) is 12.0 Å². The number of aliphatic hydroxyl groups is 1. The largest absolute Gasteiger partial charge is 0.387 e. The molecule has 1 aromatic rings. The lowest BCUT2D eigenvalue weighted by atomic mass is 10.1. The van der Waals surface area contributed by atoms with Gasteiger partial charge in [0.2, 0.25) is 5.91 Å². The summed E-state index contributed by atoms with van der Waals surface area (Å²) in [7, 11) is 0. The number of amides is 1. The zero-order valence-electron chi connectivity index (χ0n) is 10.6. The number of halogens is 1. The Hall–Kier alpha value is -0.710. The molecular weight excluding hydrogens is 270 g/mol. The van der Waals surface area contributed by atoms with Crippen molar-refractivity contribution in [3.8, 4) is 0 Å². The molecule has 1 atom stereocenters. The summed E-state index contributed by atoms with van der Waals surface area (Å²) in [5, 5.41) is 13.2. The highest BCUT2D eigenvalue weighted by Crippen LogP contribution is 2.15. The van der Waals surface area contributed by atoms with Crippen molar-refractivity contribution in [1.29, 1.82) is 0 Å². The van der Waals surface area contributed by atoms with Crippen LogP contribution in [0.1, 0.15) is 12.5 Å².